The third kappa shape index (κ3) is 5.45. The molecule has 1 heterocycles. The van der Waals surface area contributed by atoms with Crippen LogP contribution in [0.25, 0.3) is 11.3 Å². The van der Waals surface area contributed by atoms with Gasteiger partial charge in [-0.1, -0.05) is 29.4 Å². The van der Waals surface area contributed by atoms with Crippen LogP contribution in [0.3, 0.4) is 0 Å². The fraction of sp³-hybridized carbons (Fsp3) is 0.294. The van der Waals surface area contributed by atoms with E-state index < -0.39 is 17.7 Å². The minimum absolute atomic E-state index is 0.0347. The third-order valence-electron chi connectivity index (χ3n) is 2.97. The van der Waals surface area contributed by atoms with E-state index in [0.29, 0.717) is 16.8 Å². The van der Waals surface area contributed by atoms with Crippen LogP contribution in [-0.4, -0.2) is 33.8 Å². The lowest BCUT2D eigenvalue weighted by molar-refractivity contribution is -0.136. The second-order valence-corrected chi connectivity index (χ2v) is 6.30. The number of carboxylic acid groups (broad SMARTS) is 1. The predicted octanol–water partition coefficient (Wildman–Crippen LogP) is 2.61. The molecule has 0 unspecified atom stereocenters. The highest BCUT2D eigenvalue weighted by Gasteiger charge is 2.16. The van der Waals surface area contributed by atoms with E-state index in [9.17, 15) is 9.59 Å². The number of aromatic nitrogens is 1. The smallest absolute Gasteiger partial charge is 0.436 e. The Bertz CT molecular complexity index is 800. The van der Waals surface area contributed by atoms with Crippen molar-refractivity contribution in [1.82, 2.24) is 5.16 Å². The number of nitrogens with zero attached hydrogens (tertiary/aromatic N) is 2. The summed E-state index contributed by atoms with van der Waals surface area (Å²) in [6.45, 7) is 5.21. The zero-order valence-corrected chi connectivity index (χ0v) is 14.1. The zero-order chi connectivity index (χ0) is 18.6. The molecule has 8 nitrogen and oxygen atoms in total. The Morgan fingerprint density at radius 1 is 1.28 bits per heavy atom. The third-order valence-corrected chi connectivity index (χ3v) is 2.97. The van der Waals surface area contributed by atoms with E-state index in [0.717, 1.165) is 0 Å². The van der Waals surface area contributed by atoms with Crippen molar-refractivity contribution in [2.75, 3.05) is 0 Å². The maximum atomic E-state index is 11.7. The molecule has 0 atom stereocenters. The molecule has 0 saturated heterocycles. The maximum Gasteiger partial charge on any atom is 0.436 e. The molecule has 2 rings (SSSR count). The Hall–Kier alpha value is -3.16. The summed E-state index contributed by atoms with van der Waals surface area (Å²) in [5, 5.41) is 12.6. The van der Waals surface area contributed by atoms with Gasteiger partial charge in [0.2, 0.25) is 0 Å². The van der Waals surface area contributed by atoms with Gasteiger partial charge in [-0.2, -0.15) is 4.99 Å². The van der Waals surface area contributed by atoms with Crippen LogP contribution >= 0.6 is 0 Å². The topological polar surface area (TPSA) is 128 Å². The summed E-state index contributed by atoms with van der Waals surface area (Å²) in [6.07, 6.45) is -0.996. The SMILES string of the molecule is CC(C)(C)OC(=O)/N=C(\N)c1ccc(-c2cc(CC(=O)O)on2)cc1. The van der Waals surface area contributed by atoms with Gasteiger partial charge in [-0.15, -0.1) is 0 Å². The van der Waals surface area contributed by atoms with Crippen LogP contribution in [0.5, 0.6) is 0 Å². The van der Waals surface area contributed by atoms with E-state index in [1.54, 1.807) is 51.1 Å². The van der Waals surface area contributed by atoms with Gasteiger partial charge in [0, 0.05) is 17.2 Å². The van der Waals surface area contributed by atoms with Gasteiger partial charge in [-0.25, -0.2) is 4.79 Å². The molecule has 0 fully saturated rings. The van der Waals surface area contributed by atoms with E-state index in [2.05, 4.69) is 10.1 Å². The quantitative estimate of drug-likeness (QED) is 0.643. The first-order valence-corrected chi connectivity index (χ1v) is 7.49. The first kappa shape index (κ1) is 18.2. The number of amides is 1. The van der Waals surface area contributed by atoms with Gasteiger partial charge < -0.3 is 20.1 Å². The molecule has 0 aliphatic rings. The van der Waals surface area contributed by atoms with Crippen molar-refractivity contribution in [2.24, 2.45) is 10.7 Å². The van der Waals surface area contributed by atoms with Crippen molar-refractivity contribution in [3.63, 3.8) is 0 Å². The minimum Gasteiger partial charge on any atom is -0.481 e. The highest BCUT2D eigenvalue weighted by atomic mass is 16.6. The summed E-state index contributed by atoms with van der Waals surface area (Å²) >= 11 is 0. The van der Waals surface area contributed by atoms with Gasteiger partial charge in [-0.05, 0) is 20.8 Å². The number of carbonyl (C=O) groups excluding carboxylic acids is 1. The van der Waals surface area contributed by atoms with Crippen LogP contribution in [0.15, 0.2) is 39.8 Å². The minimum atomic E-state index is -0.996. The number of amidine groups is 1. The van der Waals surface area contributed by atoms with Gasteiger partial charge in [0.1, 0.15) is 29.3 Å². The molecular weight excluding hydrogens is 326 g/mol. The van der Waals surface area contributed by atoms with Crippen molar-refractivity contribution in [2.45, 2.75) is 32.8 Å². The van der Waals surface area contributed by atoms with Gasteiger partial charge >= 0.3 is 12.1 Å². The fourth-order valence-electron chi connectivity index (χ4n) is 1.94. The Morgan fingerprint density at radius 2 is 1.92 bits per heavy atom. The molecule has 8 heteroatoms. The molecule has 3 N–H and O–H groups in total. The number of carboxylic acids is 1. The van der Waals surface area contributed by atoms with Crippen LogP contribution in [0.1, 0.15) is 32.1 Å². The molecule has 0 aliphatic carbocycles. The van der Waals surface area contributed by atoms with Crippen molar-refractivity contribution in [3.8, 4) is 11.3 Å². The van der Waals surface area contributed by atoms with Crippen molar-refractivity contribution in [3.05, 3.63) is 41.7 Å². The van der Waals surface area contributed by atoms with E-state index in [4.69, 9.17) is 20.1 Å². The fourth-order valence-corrected chi connectivity index (χ4v) is 1.94. The lowest BCUT2D eigenvalue weighted by Gasteiger charge is -2.17. The predicted molar refractivity (Wildman–Crippen MR) is 90.2 cm³/mol. The molecule has 0 spiro atoms. The summed E-state index contributed by atoms with van der Waals surface area (Å²) in [6, 6.07) is 8.33. The largest absolute Gasteiger partial charge is 0.481 e. The number of aliphatic carboxylic acids is 1. The van der Waals surface area contributed by atoms with Crippen LogP contribution in [-0.2, 0) is 16.0 Å². The number of hydrogen-bond acceptors (Lipinski definition) is 5. The van der Waals surface area contributed by atoms with Crippen LogP contribution in [0.4, 0.5) is 4.79 Å². The Morgan fingerprint density at radius 3 is 2.48 bits per heavy atom. The number of rotatable bonds is 4. The number of hydrogen-bond donors (Lipinski definition) is 2. The van der Waals surface area contributed by atoms with E-state index in [1.807, 2.05) is 0 Å². The van der Waals surface area contributed by atoms with Crippen LogP contribution < -0.4 is 5.73 Å². The van der Waals surface area contributed by atoms with Gasteiger partial charge in [-0.3, -0.25) is 4.79 Å². The van der Waals surface area contributed by atoms with Crippen LogP contribution in [0.2, 0.25) is 0 Å². The summed E-state index contributed by atoms with van der Waals surface area (Å²) in [5.41, 5.74) is 6.93. The van der Waals surface area contributed by atoms with Gasteiger partial charge in [0.25, 0.3) is 0 Å². The van der Waals surface area contributed by atoms with E-state index >= 15 is 0 Å². The Labute approximate surface area is 144 Å². The average Bonchev–Trinajstić information content (AvgIpc) is 2.93. The molecule has 0 radical (unpaired) electrons. The number of benzene rings is 1. The van der Waals surface area contributed by atoms with Crippen molar-refractivity contribution in [1.29, 1.82) is 0 Å². The monoisotopic (exact) mass is 345 g/mol. The molecule has 1 aromatic carbocycles. The van der Waals surface area contributed by atoms with Crippen molar-refractivity contribution < 1.29 is 24.0 Å². The lowest BCUT2D eigenvalue weighted by Crippen LogP contribution is -2.24. The zero-order valence-electron chi connectivity index (χ0n) is 14.1. The summed E-state index contributed by atoms with van der Waals surface area (Å²) in [4.78, 5) is 26.0. The van der Waals surface area contributed by atoms with E-state index in [1.165, 1.54) is 0 Å². The highest BCUT2D eigenvalue weighted by Crippen LogP contribution is 2.20. The molecule has 0 aliphatic heterocycles. The second kappa shape index (κ2) is 7.16. The summed E-state index contributed by atoms with van der Waals surface area (Å²) in [7, 11) is 0. The molecule has 0 bridgehead atoms. The molecular formula is C17H19N3O5. The second-order valence-electron chi connectivity index (χ2n) is 6.30. The van der Waals surface area contributed by atoms with Gasteiger partial charge in [0.15, 0.2) is 0 Å². The number of nitrogens with two attached hydrogens (primary N) is 1. The molecule has 1 aromatic heterocycles. The standard InChI is InChI=1S/C17H19N3O5/c1-17(2,3)24-16(23)19-15(18)11-6-4-10(5-7-11)13-8-12(25-20-13)9-14(21)22/h4-8H,9H2,1-3H3,(H,21,22)(H2,18,19,23). The summed E-state index contributed by atoms with van der Waals surface area (Å²) < 4.78 is 10.0. The van der Waals surface area contributed by atoms with Crippen molar-refractivity contribution >= 4 is 17.9 Å². The maximum absolute atomic E-state index is 11.7. The first-order chi connectivity index (χ1) is 11.6. The molecule has 25 heavy (non-hydrogen) atoms. The molecule has 1 amide bonds. The summed E-state index contributed by atoms with van der Waals surface area (Å²) in [5.74, 6) is -0.700. The Balaban J connectivity index is 2.12. The molecule has 2 aromatic rings. The highest BCUT2D eigenvalue weighted by molar-refractivity contribution is 6.03. The van der Waals surface area contributed by atoms with Gasteiger partial charge in [0.05, 0.1) is 0 Å². The molecule has 132 valence electrons. The lowest BCUT2D eigenvalue weighted by atomic mass is 10.1. The number of ether oxygens (including phenoxy) is 1. The first-order valence-electron chi connectivity index (χ1n) is 7.49. The normalized spacial score (nSPS) is 12.0. The Kier molecular flexibility index (Phi) is 5.21. The number of aliphatic imine (C=N–C) groups is 1. The van der Waals surface area contributed by atoms with Crippen LogP contribution in [0, 0.1) is 0 Å². The average molecular weight is 345 g/mol. The molecule has 0 saturated carbocycles. The number of carbonyl (C=O) groups is 2. The van der Waals surface area contributed by atoms with E-state index in [-0.39, 0.29) is 18.0 Å².